The second kappa shape index (κ2) is 10.3. The molecule has 0 aliphatic carbocycles. The quantitative estimate of drug-likeness (QED) is 0.367. The van der Waals surface area contributed by atoms with Gasteiger partial charge in [0.05, 0.1) is 21.3 Å². The van der Waals surface area contributed by atoms with E-state index in [-0.39, 0.29) is 40.2 Å². The number of carbonyl (C=O) groups excluding carboxylic acids is 1. The Balaban J connectivity index is 0.00000341. The zero-order chi connectivity index (χ0) is 22.2. The number of benzene rings is 1. The molecule has 2 aromatic heterocycles. The molecule has 3 aromatic rings. The van der Waals surface area contributed by atoms with E-state index in [1.165, 1.54) is 34.0 Å². The molecule has 1 N–H and O–H groups in total. The first kappa shape index (κ1) is 25.6. The van der Waals surface area contributed by atoms with Crippen molar-refractivity contribution in [2.75, 3.05) is 4.90 Å². The van der Waals surface area contributed by atoms with Crippen LogP contribution in [0.2, 0.25) is 10.0 Å². The van der Waals surface area contributed by atoms with Crippen LogP contribution in [0.25, 0.3) is 5.82 Å². The Bertz CT molecular complexity index is 1150. The summed E-state index contributed by atoms with van der Waals surface area (Å²) in [6, 6.07) is 7.31. The molecule has 0 saturated carbocycles. The average Bonchev–Trinajstić information content (AvgIpc) is 3.04. The van der Waals surface area contributed by atoms with Gasteiger partial charge in [-0.3, -0.25) is 4.79 Å². The first-order chi connectivity index (χ1) is 14.1. The summed E-state index contributed by atoms with van der Waals surface area (Å²) in [6.07, 6.45) is 1.53. The highest BCUT2D eigenvalue weighted by molar-refractivity contribution is 9.10. The summed E-state index contributed by atoms with van der Waals surface area (Å²) >= 11 is 19.1. The molecule has 12 heteroatoms. The molecule has 164 valence electrons. The molecule has 1 aromatic carbocycles. The van der Waals surface area contributed by atoms with Crippen LogP contribution in [0.4, 0.5) is 5.69 Å². The monoisotopic (exact) mass is 610 g/mol. The summed E-state index contributed by atoms with van der Waals surface area (Å²) in [5.41, 5.74) is 0.104. The van der Waals surface area contributed by atoms with Gasteiger partial charge in [0.15, 0.2) is 5.82 Å². The molecule has 0 bridgehead atoms. The van der Waals surface area contributed by atoms with Crippen molar-refractivity contribution in [2.45, 2.75) is 19.9 Å². The Morgan fingerprint density at radius 3 is 2.42 bits per heavy atom. The van der Waals surface area contributed by atoms with E-state index >= 15 is 0 Å². The summed E-state index contributed by atoms with van der Waals surface area (Å²) in [4.78, 5) is 31.0. The van der Waals surface area contributed by atoms with Gasteiger partial charge in [0, 0.05) is 22.8 Å². The Kier molecular flexibility index (Phi) is 8.52. The van der Waals surface area contributed by atoms with Crippen molar-refractivity contribution in [1.29, 1.82) is 0 Å². The van der Waals surface area contributed by atoms with Gasteiger partial charge in [-0.15, -0.1) is 12.4 Å². The maximum absolute atomic E-state index is 13.6. The smallest absolute Gasteiger partial charge is 0.337 e. The zero-order valence-electron chi connectivity index (χ0n) is 16.0. The molecule has 31 heavy (non-hydrogen) atoms. The van der Waals surface area contributed by atoms with Gasteiger partial charge in [0.2, 0.25) is 0 Å². The first-order valence-corrected chi connectivity index (χ1v) is 10.9. The van der Waals surface area contributed by atoms with E-state index in [0.29, 0.717) is 14.1 Å². The minimum Gasteiger partial charge on any atom is -0.478 e. The standard InChI is InChI=1S/C19H14Br2Cl2N4O3.ClH/c1-9(2)26(16-11(19(29)30)6-10(20)7-13(16)23)18(28)14-8-15(21)25-27(14)17-12(22)4-3-5-24-17;/h3-9H,1-2H3,(H,29,30);1H. The third-order valence-corrected chi connectivity index (χ3v) is 5.50. The average molecular weight is 614 g/mol. The number of rotatable bonds is 5. The van der Waals surface area contributed by atoms with Gasteiger partial charge in [-0.2, -0.15) is 5.10 Å². The van der Waals surface area contributed by atoms with Gasteiger partial charge >= 0.3 is 5.97 Å². The topological polar surface area (TPSA) is 88.3 Å². The Morgan fingerprint density at radius 2 is 1.84 bits per heavy atom. The molecule has 7 nitrogen and oxygen atoms in total. The van der Waals surface area contributed by atoms with Crippen LogP contribution in [0.1, 0.15) is 34.7 Å². The van der Waals surface area contributed by atoms with Gasteiger partial charge in [0.1, 0.15) is 10.3 Å². The number of aromatic carboxylic acids is 1. The largest absolute Gasteiger partial charge is 0.478 e. The van der Waals surface area contributed by atoms with Crippen molar-refractivity contribution < 1.29 is 14.7 Å². The predicted octanol–water partition coefficient (Wildman–Crippen LogP) is 6.27. The number of halogens is 5. The summed E-state index contributed by atoms with van der Waals surface area (Å²) in [5.74, 6) is -1.47. The van der Waals surface area contributed by atoms with Crippen LogP contribution in [0, 0.1) is 0 Å². The van der Waals surface area contributed by atoms with Crippen LogP contribution in [0.3, 0.4) is 0 Å². The van der Waals surface area contributed by atoms with Gasteiger partial charge in [-0.25, -0.2) is 14.5 Å². The second-order valence-corrected chi connectivity index (χ2v) is 8.97. The lowest BCUT2D eigenvalue weighted by molar-refractivity contribution is 0.0697. The van der Waals surface area contributed by atoms with Crippen molar-refractivity contribution in [3.8, 4) is 5.82 Å². The molecular formula is C19H15Br2Cl3N4O3. The summed E-state index contributed by atoms with van der Waals surface area (Å²) in [6.45, 7) is 3.51. The fraction of sp³-hybridized carbons (Fsp3) is 0.158. The van der Waals surface area contributed by atoms with E-state index in [4.69, 9.17) is 23.2 Å². The molecule has 0 atom stereocenters. The van der Waals surface area contributed by atoms with E-state index in [2.05, 4.69) is 41.9 Å². The minimum atomic E-state index is -1.21. The predicted molar refractivity (Wildman–Crippen MR) is 129 cm³/mol. The number of pyridine rings is 1. The van der Waals surface area contributed by atoms with Gasteiger partial charge in [0.25, 0.3) is 5.91 Å². The summed E-state index contributed by atoms with van der Waals surface area (Å²) < 4.78 is 2.17. The fourth-order valence-electron chi connectivity index (χ4n) is 2.89. The molecule has 1 amide bonds. The lowest BCUT2D eigenvalue weighted by Crippen LogP contribution is -2.39. The number of anilines is 1. The summed E-state index contributed by atoms with van der Waals surface area (Å²) in [5, 5.41) is 14.4. The van der Waals surface area contributed by atoms with Crippen LogP contribution >= 0.6 is 67.5 Å². The number of amides is 1. The van der Waals surface area contributed by atoms with Crippen LogP contribution in [0.15, 0.2) is 45.6 Å². The Morgan fingerprint density at radius 1 is 1.16 bits per heavy atom. The number of aromatic nitrogens is 3. The highest BCUT2D eigenvalue weighted by Gasteiger charge is 2.31. The Labute approximate surface area is 211 Å². The van der Waals surface area contributed by atoms with E-state index in [1.807, 2.05) is 0 Å². The second-order valence-electron chi connectivity index (χ2n) is 6.43. The van der Waals surface area contributed by atoms with E-state index < -0.39 is 17.9 Å². The third-order valence-electron chi connectivity index (χ3n) is 4.07. The van der Waals surface area contributed by atoms with Crippen molar-refractivity contribution in [2.24, 2.45) is 0 Å². The molecule has 0 saturated heterocycles. The normalized spacial score (nSPS) is 10.7. The number of hydrogen-bond acceptors (Lipinski definition) is 4. The highest BCUT2D eigenvalue weighted by Crippen LogP contribution is 2.36. The number of carboxylic acid groups (broad SMARTS) is 1. The summed E-state index contributed by atoms with van der Waals surface area (Å²) in [7, 11) is 0. The highest BCUT2D eigenvalue weighted by atomic mass is 79.9. The zero-order valence-corrected chi connectivity index (χ0v) is 21.5. The third kappa shape index (κ3) is 5.23. The molecule has 0 aliphatic heterocycles. The maximum Gasteiger partial charge on any atom is 0.337 e. The molecule has 0 fully saturated rings. The van der Waals surface area contributed by atoms with E-state index in [9.17, 15) is 14.7 Å². The number of carbonyl (C=O) groups is 2. The lowest BCUT2D eigenvalue weighted by Gasteiger charge is -2.29. The van der Waals surface area contributed by atoms with Crippen molar-refractivity contribution >= 4 is 85.0 Å². The van der Waals surface area contributed by atoms with Gasteiger partial charge in [-0.05, 0) is 54.0 Å². The molecule has 3 rings (SSSR count). The maximum atomic E-state index is 13.6. The Hall–Kier alpha value is -1.65. The van der Waals surface area contributed by atoms with Gasteiger partial charge in [-0.1, -0.05) is 39.1 Å². The van der Waals surface area contributed by atoms with Crippen molar-refractivity contribution in [3.05, 3.63) is 66.9 Å². The van der Waals surface area contributed by atoms with E-state index in [0.717, 1.165) is 0 Å². The van der Waals surface area contributed by atoms with Crippen molar-refractivity contribution in [3.63, 3.8) is 0 Å². The number of nitrogens with zero attached hydrogens (tertiary/aromatic N) is 4. The molecular weight excluding hydrogens is 598 g/mol. The lowest BCUT2D eigenvalue weighted by atomic mass is 10.1. The molecule has 0 aliphatic rings. The van der Waals surface area contributed by atoms with Crippen LogP contribution in [-0.2, 0) is 0 Å². The van der Waals surface area contributed by atoms with Gasteiger partial charge < -0.3 is 10.0 Å². The molecule has 0 unspecified atom stereocenters. The SMILES string of the molecule is CC(C)N(C(=O)c1cc(Br)nn1-c1ncccc1Cl)c1c(Cl)cc(Br)cc1C(=O)O.Cl. The molecule has 2 heterocycles. The van der Waals surface area contributed by atoms with Crippen LogP contribution < -0.4 is 4.90 Å². The molecule has 0 radical (unpaired) electrons. The van der Waals surface area contributed by atoms with Crippen LogP contribution in [-0.4, -0.2) is 37.8 Å². The number of hydrogen-bond donors (Lipinski definition) is 1. The fourth-order valence-corrected chi connectivity index (χ4v) is 4.37. The number of carboxylic acids is 1. The van der Waals surface area contributed by atoms with Crippen molar-refractivity contribution in [1.82, 2.24) is 14.8 Å². The van der Waals surface area contributed by atoms with Crippen LogP contribution in [0.5, 0.6) is 0 Å². The van der Waals surface area contributed by atoms with E-state index in [1.54, 1.807) is 26.0 Å². The minimum absolute atomic E-state index is 0. The molecule has 0 spiro atoms. The first-order valence-electron chi connectivity index (χ1n) is 8.54.